The third-order valence-electron chi connectivity index (χ3n) is 9.86. The molecular formula is C45H26N4S2. The smallest absolute Gasteiger partial charge is 0.164 e. The molecule has 11 aromatic rings. The van der Waals surface area contributed by atoms with Gasteiger partial charge < -0.3 is 4.57 Å². The second-order valence-electron chi connectivity index (χ2n) is 12.8. The Labute approximate surface area is 300 Å². The Kier molecular flexibility index (Phi) is 6.26. The third-order valence-corrected chi connectivity index (χ3v) is 12.2. The van der Waals surface area contributed by atoms with E-state index in [1.807, 2.05) is 59.1 Å². The molecule has 0 aliphatic heterocycles. The molecule has 4 nitrogen and oxygen atoms in total. The summed E-state index contributed by atoms with van der Waals surface area (Å²) in [4.78, 5) is 15.2. The first-order chi connectivity index (χ1) is 25.3. The summed E-state index contributed by atoms with van der Waals surface area (Å²) in [5.74, 6) is 2.01. The first kappa shape index (κ1) is 28.6. The van der Waals surface area contributed by atoms with Crippen molar-refractivity contribution in [2.24, 2.45) is 0 Å². The van der Waals surface area contributed by atoms with Crippen molar-refractivity contribution in [2.45, 2.75) is 0 Å². The quantitative estimate of drug-likeness (QED) is 0.185. The van der Waals surface area contributed by atoms with Crippen LogP contribution in [-0.2, 0) is 0 Å². The summed E-state index contributed by atoms with van der Waals surface area (Å²) in [6, 6.07) is 55.8. The molecule has 51 heavy (non-hydrogen) atoms. The number of hydrogen-bond donors (Lipinski definition) is 0. The minimum Gasteiger partial charge on any atom is -0.309 e. The van der Waals surface area contributed by atoms with Crippen molar-refractivity contribution < 1.29 is 0 Å². The van der Waals surface area contributed by atoms with E-state index in [1.54, 1.807) is 0 Å². The lowest BCUT2D eigenvalue weighted by Gasteiger charge is -2.09. The van der Waals surface area contributed by atoms with Gasteiger partial charge >= 0.3 is 0 Å². The van der Waals surface area contributed by atoms with Crippen LogP contribution in [0.15, 0.2) is 158 Å². The van der Waals surface area contributed by atoms with Crippen LogP contribution in [0.1, 0.15) is 0 Å². The first-order valence-corrected chi connectivity index (χ1v) is 18.6. The number of hydrogen-bond acceptors (Lipinski definition) is 5. The maximum absolute atomic E-state index is 5.11. The van der Waals surface area contributed by atoms with E-state index in [0.717, 1.165) is 16.7 Å². The van der Waals surface area contributed by atoms with Gasteiger partial charge in [-0.15, -0.1) is 22.7 Å². The molecule has 0 aliphatic carbocycles. The molecule has 0 saturated carbocycles. The van der Waals surface area contributed by atoms with Crippen molar-refractivity contribution in [3.63, 3.8) is 0 Å². The van der Waals surface area contributed by atoms with Crippen LogP contribution in [-0.4, -0.2) is 19.5 Å². The number of thiophene rings is 2. The molecule has 4 heterocycles. The van der Waals surface area contributed by atoms with Crippen LogP contribution in [0.2, 0.25) is 0 Å². The van der Waals surface area contributed by atoms with Gasteiger partial charge in [0.05, 0.1) is 11.0 Å². The topological polar surface area (TPSA) is 43.6 Å². The Balaban J connectivity index is 1.16. The molecule has 11 rings (SSSR count). The fraction of sp³-hybridized carbons (Fsp3) is 0. The molecule has 0 aliphatic rings. The van der Waals surface area contributed by atoms with Crippen molar-refractivity contribution in [3.8, 4) is 39.9 Å². The molecule has 0 atom stereocenters. The lowest BCUT2D eigenvalue weighted by Crippen LogP contribution is -2.00. The zero-order chi connectivity index (χ0) is 33.5. The number of fused-ring (bicyclic) bond motifs is 10. The van der Waals surface area contributed by atoms with E-state index >= 15 is 0 Å². The second kappa shape index (κ2) is 11.2. The number of para-hydroxylation sites is 2. The van der Waals surface area contributed by atoms with Gasteiger partial charge in [0.1, 0.15) is 0 Å². The Bertz CT molecular complexity index is 3030. The van der Waals surface area contributed by atoms with Crippen LogP contribution in [0, 0.1) is 0 Å². The molecule has 0 saturated heterocycles. The largest absolute Gasteiger partial charge is 0.309 e. The van der Waals surface area contributed by atoms with Crippen molar-refractivity contribution in [3.05, 3.63) is 158 Å². The van der Waals surface area contributed by atoms with Gasteiger partial charge in [0.2, 0.25) is 0 Å². The molecule has 0 amide bonds. The van der Waals surface area contributed by atoms with E-state index in [0.29, 0.717) is 17.5 Å². The van der Waals surface area contributed by atoms with E-state index in [9.17, 15) is 0 Å². The number of benzene rings is 7. The zero-order valence-electron chi connectivity index (χ0n) is 27.1. The van der Waals surface area contributed by atoms with Gasteiger partial charge in [-0.1, -0.05) is 115 Å². The van der Waals surface area contributed by atoms with Crippen LogP contribution in [0.5, 0.6) is 0 Å². The molecule has 0 N–H and O–H groups in total. The minimum atomic E-state index is 0.666. The maximum atomic E-state index is 5.11. The highest BCUT2D eigenvalue weighted by Gasteiger charge is 2.20. The highest BCUT2D eigenvalue weighted by molar-refractivity contribution is 7.29. The summed E-state index contributed by atoms with van der Waals surface area (Å²) < 4.78 is 7.50. The Hall–Kier alpha value is -6.21. The van der Waals surface area contributed by atoms with E-state index < -0.39 is 0 Å². The highest BCUT2D eigenvalue weighted by atomic mass is 32.1. The van der Waals surface area contributed by atoms with Gasteiger partial charge in [-0.25, -0.2) is 15.0 Å². The zero-order valence-corrected chi connectivity index (χ0v) is 28.7. The van der Waals surface area contributed by atoms with Crippen LogP contribution in [0.25, 0.3) is 102 Å². The van der Waals surface area contributed by atoms with Crippen molar-refractivity contribution in [2.75, 3.05) is 0 Å². The van der Waals surface area contributed by atoms with Crippen molar-refractivity contribution in [1.29, 1.82) is 0 Å². The van der Waals surface area contributed by atoms with Gasteiger partial charge in [0.25, 0.3) is 0 Å². The molecule has 4 aromatic heterocycles. The Morgan fingerprint density at radius 1 is 0.392 bits per heavy atom. The van der Waals surface area contributed by atoms with E-state index in [2.05, 4.69) is 126 Å². The summed E-state index contributed by atoms with van der Waals surface area (Å²) >= 11 is 3.72. The molecule has 0 bridgehead atoms. The lowest BCUT2D eigenvalue weighted by atomic mass is 10.0. The predicted molar refractivity (Wildman–Crippen MR) is 216 cm³/mol. The predicted octanol–water partition coefficient (Wildman–Crippen LogP) is 12.7. The molecular weight excluding hydrogens is 661 g/mol. The average molecular weight is 687 g/mol. The Morgan fingerprint density at radius 3 is 1.67 bits per heavy atom. The highest BCUT2D eigenvalue weighted by Crippen LogP contribution is 2.47. The third kappa shape index (κ3) is 4.40. The van der Waals surface area contributed by atoms with Gasteiger partial charge in [0.15, 0.2) is 17.5 Å². The number of rotatable bonds is 4. The van der Waals surface area contributed by atoms with Crippen molar-refractivity contribution >= 4 is 84.8 Å². The Morgan fingerprint density at radius 2 is 0.980 bits per heavy atom. The van der Waals surface area contributed by atoms with Gasteiger partial charge in [-0.2, -0.15) is 0 Å². The lowest BCUT2D eigenvalue weighted by molar-refractivity contribution is 1.08. The minimum absolute atomic E-state index is 0.666. The van der Waals surface area contributed by atoms with Crippen molar-refractivity contribution in [1.82, 2.24) is 19.5 Å². The fourth-order valence-electron chi connectivity index (χ4n) is 7.59. The van der Waals surface area contributed by atoms with E-state index in [-0.39, 0.29) is 0 Å². The molecule has 7 aromatic carbocycles. The van der Waals surface area contributed by atoms with Gasteiger partial charge in [-0.3, -0.25) is 0 Å². The number of aromatic nitrogens is 4. The SMILES string of the molecule is c1ccc(-c2nc(-c3ccccc3)nc(-c3cccc4sc5c(ccc6sc7ccc(-n8c9ccccc9c9ccccc98)cc7c65)c34)n2)cc1. The monoisotopic (exact) mass is 686 g/mol. The van der Waals surface area contributed by atoms with Gasteiger partial charge in [0, 0.05) is 73.5 Å². The van der Waals surface area contributed by atoms with Crippen LogP contribution >= 0.6 is 22.7 Å². The molecule has 0 spiro atoms. The molecule has 0 fully saturated rings. The van der Waals surface area contributed by atoms with Crippen LogP contribution < -0.4 is 0 Å². The fourth-order valence-corrected chi connectivity index (χ4v) is 10.0. The van der Waals surface area contributed by atoms with E-state index in [1.165, 1.54) is 67.8 Å². The molecule has 6 heteroatoms. The number of nitrogens with zero attached hydrogens (tertiary/aromatic N) is 4. The van der Waals surface area contributed by atoms with Crippen LogP contribution in [0.4, 0.5) is 0 Å². The summed E-state index contributed by atoms with van der Waals surface area (Å²) in [7, 11) is 0. The van der Waals surface area contributed by atoms with Gasteiger partial charge in [-0.05, 0) is 42.5 Å². The molecule has 238 valence electrons. The normalized spacial score (nSPS) is 11.9. The summed E-state index contributed by atoms with van der Waals surface area (Å²) in [6.07, 6.45) is 0. The standard InChI is InChI=1S/C45H26N4S2/c1-3-12-27(13-4-1)43-46-44(28-14-5-2-6-15-28)48-45(47-43)33-18-11-21-38-40(33)32-23-25-39-41(42(32)51-38)34-26-29(22-24-37(34)50-39)49-35-19-9-7-16-30(35)31-17-8-10-20-36(31)49/h1-26H. The molecule has 0 radical (unpaired) electrons. The second-order valence-corrected chi connectivity index (χ2v) is 14.9. The maximum Gasteiger partial charge on any atom is 0.164 e. The average Bonchev–Trinajstić information content (AvgIpc) is 3.87. The van der Waals surface area contributed by atoms with E-state index in [4.69, 9.17) is 15.0 Å². The van der Waals surface area contributed by atoms with Crippen LogP contribution in [0.3, 0.4) is 0 Å². The summed E-state index contributed by atoms with van der Waals surface area (Å²) in [5, 5.41) is 7.54. The summed E-state index contributed by atoms with van der Waals surface area (Å²) in [6.45, 7) is 0. The summed E-state index contributed by atoms with van der Waals surface area (Å²) in [5.41, 5.74) is 6.55. The molecule has 0 unspecified atom stereocenters. The first-order valence-electron chi connectivity index (χ1n) is 16.9.